The van der Waals surface area contributed by atoms with Gasteiger partial charge in [-0.1, -0.05) is 53.5 Å². The third-order valence-corrected chi connectivity index (χ3v) is 10.5. The summed E-state index contributed by atoms with van der Waals surface area (Å²) in [5.41, 5.74) is 2.05. The highest BCUT2D eigenvalue weighted by atomic mass is 35.5. The molecule has 0 N–H and O–H groups in total. The Kier molecular flexibility index (Phi) is 7.96. The lowest BCUT2D eigenvalue weighted by Gasteiger charge is -2.39. The summed E-state index contributed by atoms with van der Waals surface area (Å²) in [5.74, 6) is -1.26. The van der Waals surface area contributed by atoms with Gasteiger partial charge in [0.05, 0.1) is 34.4 Å². The normalized spacial score (nSPS) is 17.3. The number of ether oxygens (including phenoxy) is 1. The first-order valence-corrected chi connectivity index (χ1v) is 16.3. The summed E-state index contributed by atoms with van der Waals surface area (Å²) in [5, 5.41) is 4.14. The number of nitrogens with zero attached hydrogens (tertiary/aromatic N) is 4. The van der Waals surface area contributed by atoms with E-state index in [1.807, 2.05) is 0 Å². The Morgan fingerprint density at radius 3 is 2.40 bits per heavy atom. The lowest BCUT2D eigenvalue weighted by atomic mass is 10.0. The minimum atomic E-state index is -4.33. The molecule has 0 aliphatic carbocycles. The molecule has 6 rings (SSSR count). The molecule has 2 aliphatic rings. The van der Waals surface area contributed by atoms with Crippen LogP contribution in [0.25, 0.3) is 11.6 Å². The van der Waals surface area contributed by atoms with E-state index in [-0.39, 0.29) is 49.7 Å². The lowest BCUT2D eigenvalue weighted by molar-refractivity contribution is 0.0435. The molecule has 0 radical (unpaired) electrons. The van der Waals surface area contributed by atoms with Crippen molar-refractivity contribution in [3.8, 4) is 5.75 Å². The van der Waals surface area contributed by atoms with Crippen LogP contribution in [-0.4, -0.2) is 53.6 Å². The van der Waals surface area contributed by atoms with Crippen molar-refractivity contribution in [2.75, 3.05) is 10.8 Å². The van der Waals surface area contributed by atoms with Crippen molar-refractivity contribution in [2.24, 2.45) is 0 Å². The third kappa shape index (κ3) is 5.28. The molecule has 2 amide bonds. The highest BCUT2D eigenvalue weighted by molar-refractivity contribution is 7.93. The Hall–Kier alpha value is -4.19. The number of amides is 2. The molecular weight excluding hydrogens is 642 g/mol. The van der Waals surface area contributed by atoms with Crippen LogP contribution >= 0.6 is 23.2 Å². The summed E-state index contributed by atoms with van der Waals surface area (Å²) in [6.07, 6.45) is 2.10. The fourth-order valence-electron chi connectivity index (χ4n) is 5.63. The smallest absolute Gasteiger partial charge is 0.269 e. The van der Waals surface area contributed by atoms with E-state index in [9.17, 15) is 22.4 Å². The molecule has 232 valence electrons. The second-order valence-corrected chi connectivity index (χ2v) is 13.3. The van der Waals surface area contributed by atoms with E-state index in [4.69, 9.17) is 27.9 Å². The molecule has 4 aromatic rings. The van der Waals surface area contributed by atoms with E-state index in [1.54, 1.807) is 75.4 Å². The number of halogens is 3. The van der Waals surface area contributed by atoms with Gasteiger partial charge in [-0.3, -0.25) is 23.5 Å². The monoisotopic (exact) mass is 668 g/mol. The Balaban J connectivity index is 1.43. The number of hydrogen-bond acceptors (Lipinski definition) is 6. The zero-order valence-corrected chi connectivity index (χ0v) is 26.7. The SMILES string of the molecule is CCn1cc(S(=O)(=O)N2C[C@@H]([C@@H](C)N3C(=O)c4ccccc4C3=O)Oc3ccc(/C=C(\C)c4c(F)cccc4Cl)cc32)c(Cl)n1. The summed E-state index contributed by atoms with van der Waals surface area (Å²) < 4.78 is 52.0. The quantitative estimate of drug-likeness (QED) is 0.164. The molecular formula is C32H27Cl2FN4O5S. The maximum absolute atomic E-state index is 14.6. The van der Waals surface area contributed by atoms with Crippen molar-refractivity contribution < 1.29 is 27.1 Å². The van der Waals surface area contributed by atoms with Gasteiger partial charge < -0.3 is 4.74 Å². The van der Waals surface area contributed by atoms with Crippen molar-refractivity contribution in [1.29, 1.82) is 0 Å². The highest BCUT2D eigenvalue weighted by Crippen LogP contribution is 2.41. The van der Waals surface area contributed by atoms with Crippen LogP contribution in [-0.2, 0) is 16.6 Å². The van der Waals surface area contributed by atoms with Crippen LogP contribution in [0.4, 0.5) is 10.1 Å². The number of anilines is 1. The number of imide groups is 1. The average Bonchev–Trinajstić information content (AvgIpc) is 3.52. The second kappa shape index (κ2) is 11.6. The number of carbonyl (C=O) groups is 2. The number of benzene rings is 3. The predicted molar refractivity (Wildman–Crippen MR) is 170 cm³/mol. The standard InChI is InChI=1S/C32H27Cl2FN4O5S/c1-4-37-17-28(30(34)36-37)45(42,43)38-16-27(19(3)39-31(40)21-8-5-6-9-22(21)32(39)41)44-26-13-12-20(15-25(26)38)14-18(2)29-23(33)10-7-11-24(29)35/h5-15,17,19,27H,4,16H2,1-3H3/b18-14+/t19-,27+/m1/s1. The fraction of sp³-hybridized carbons (Fsp3) is 0.219. The Labute approximate surface area is 269 Å². The van der Waals surface area contributed by atoms with Gasteiger partial charge in [0, 0.05) is 18.3 Å². The van der Waals surface area contributed by atoms with Crippen LogP contribution in [0.5, 0.6) is 5.75 Å². The van der Waals surface area contributed by atoms with Crippen LogP contribution in [0, 0.1) is 5.82 Å². The van der Waals surface area contributed by atoms with Gasteiger partial charge in [0.2, 0.25) is 0 Å². The van der Waals surface area contributed by atoms with Crippen LogP contribution in [0.1, 0.15) is 52.6 Å². The number of allylic oxidation sites excluding steroid dienone is 1. The second-order valence-electron chi connectivity index (χ2n) is 10.7. The summed E-state index contributed by atoms with van der Waals surface area (Å²) in [7, 11) is -4.33. The number of hydrogen-bond donors (Lipinski definition) is 0. The lowest BCUT2D eigenvalue weighted by Crippen LogP contribution is -2.54. The molecule has 13 heteroatoms. The van der Waals surface area contributed by atoms with Gasteiger partial charge in [-0.15, -0.1) is 0 Å². The maximum Gasteiger partial charge on any atom is 0.269 e. The Bertz CT molecular complexity index is 1960. The van der Waals surface area contributed by atoms with Crippen LogP contribution < -0.4 is 9.04 Å². The molecule has 0 spiro atoms. The first-order chi connectivity index (χ1) is 21.4. The molecule has 3 heterocycles. The largest absolute Gasteiger partial charge is 0.484 e. The summed E-state index contributed by atoms with van der Waals surface area (Å²) in [4.78, 5) is 27.4. The van der Waals surface area contributed by atoms with Gasteiger partial charge in [-0.05, 0) is 68.3 Å². The molecule has 0 fully saturated rings. The molecule has 1 aromatic heterocycles. The highest BCUT2D eigenvalue weighted by Gasteiger charge is 2.45. The van der Waals surface area contributed by atoms with Crippen molar-refractivity contribution in [1.82, 2.24) is 14.7 Å². The molecule has 0 bridgehead atoms. The van der Waals surface area contributed by atoms with Gasteiger partial charge in [-0.2, -0.15) is 5.10 Å². The first kappa shape index (κ1) is 30.8. The van der Waals surface area contributed by atoms with E-state index in [0.29, 0.717) is 17.7 Å². The maximum atomic E-state index is 14.6. The number of rotatable bonds is 7. The number of aromatic nitrogens is 2. The topological polar surface area (TPSA) is 102 Å². The molecule has 3 aromatic carbocycles. The number of fused-ring (bicyclic) bond motifs is 2. The summed E-state index contributed by atoms with van der Waals surface area (Å²) >= 11 is 12.6. The van der Waals surface area contributed by atoms with Gasteiger partial charge in [-0.25, -0.2) is 12.8 Å². The van der Waals surface area contributed by atoms with Gasteiger partial charge in [0.25, 0.3) is 21.8 Å². The molecule has 2 aliphatic heterocycles. The van der Waals surface area contributed by atoms with Gasteiger partial charge >= 0.3 is 0 Å². The minimum absolute atomic E-state index is 0.197. The van der Waals surface area contributed by atoms with Gasteiger partial charge in [0.15, 0.2) is 5.15 Å². The zero-order chi connectivity index (χ0) is 32.2. The Morgan fingerprint density at radius 1 is 1.09 bits per heavy atom. The van der Waals surface area contributed by atoms with E-state index < -0.39 is 39.8 Å². The Morgan fingerprint density at radius 2 is 1.78 bits per heavy atom. The summed E-state index contributed by atoms with van der Waals surface area (Å²) in [6.45, 7) is 5.28. The molecule has 0 unspecified atom stereocenters. The minimum Gasteiger partial charge on any atom is -0.484 e. The molecule has 0 saturated heterocycles. The van der Waals surface area contributed by atoms with E-state index >= 15 is 0 Å². The van der Waals surface area contributed by atoms with E-state index in [2.05, 4.69) is 5.10 Å². The van der Waals surface area contributed by atoms with E-state index in [0.717, 1.165) is 9.21 Å². The van der Waals surface area contributed by atoms with Crippen LogP contribution in [0.2, 0.25) is 10.2 Å². The first-order valence-electron chi connectivity index (χ1n) is 14.1. The molecule has 0 saturated carbocycles. The zero-order valence-electron chi connectivity index (χ0n) is 24.4. The van der Waals surface area contributed by atoms with Crippen molar-refractivity contribution >= 4 is 62.4 Å². The number of carbonyl (C=O) groups excluding carboxylic acids is 2. The average molecular weight is 670 g/mol. The number of aryl methyl sites for hydroxylation is 1. The van der Waals surface area contributed by atoms with Crippen molar-refractivity contribution in [2.45, 2.75) is 44.4 Å². The number of sulfonamides is 1. The fourth-order valence-corrected chi connectivity index (χ4v) is 7.87. The summed E-state index contributed by atoms with van der Waals surface area (Å²) in [6, 6.07) is 15.0. The van der Waals surface area contributed by atoms with Crippen LogP contribution in [0.3, 0.4) is 0 Å². The molecule has 9 nitrogen and oxygen atoms in total. The van der Waals surface area contributed by atoms with Crippen molar-refractivity contribution in [3.63, 3.8) is 0 Å². The molecule has 45 heavy (non-hydrogen) atoms. The predicted octanol–water partition coefficient (Wildman–Crippen LogP) is 6.55. The van der Waals surface area contributed by atoms with Crippen LogP contribution in [0.15, 0.2) is 71.8 Å². The van der Waals surface area contributed by atoms with Crippen molar-refractivity contribution in [3.05, 3.63) is 105 Å². The van der Waals surface area contributed by atoms with Gasteiger partial charge in [0.1, 0.15) is 22.6 Å². The molecule has 2 atom stereocenters. The third-order valence-electron chi connectivity index (χ3n) is 7.96. The van der Waals surface area contributed by atoms with E-state index in [1.165, 1.54) is 23.0 Å².